The van der Waals surface area contributed by atoms with Crippen LogP contribution in [0, 0.1) is 5.92 Å². The molecule has 1 rings (SSSR count). The summed E-state index contributed by atoms with van der Waals surface area (Å²) in [5.74, 6) is 1.35. The topological polar surface area (TPSA) is 43.1 Å². The summed E-state index contributed by atoms with van der Waals surface area (Å²) in [7, 11) is -0.716. The summed E-state index contributed by atoms with van der Waals surface area (Å²) in [6.45, 7) is 4.14. The van der Waals surface area contributed by atoms with E-state index in [2.05, 4.69) is 13.8 Å². The zero-order valence-electron chi connectivity index (χ0n) is 9.37. The third kappa shape index (κ3) is 3.35. The van der Waals surface area contributed by atoms with Crippen molar-refractivity contribution in [3.8, 4) is 0 Å². The molecule has 84 valence electrons. The van der Waals surface area contributed by atoms with Crippen LogP contribution in [0.25, 0.3) is 0 Å². The number of hydrogen-bond acceptors (Lipinski definition) is 2. The van der Waals surface area contributed by atoms with Crippen molar-refractivity contribution < 1.29 is 4.21 Å². The molecule has 0 aromatic carbocycles. The van der Waals surface area contributed by atoms with Crippen LogP contribution in [0.1, 0.15) is 46.0 Å². The minimum atomic E-state index is -0.716. The van der Waals surface area contributed by atoms with E-state index in [4.69, 9.17) is 5.73 Å². The number of hydrogen-bond donors (Lipinski definition) is 1. The lowest BCUT2D eigenvalue weighted by Crippen LogP contribution is -2.36. The van der Waals surface area contributed by atoms with Crippen LogP contribution in [0.15, 0.2) is 0 Å². The summed E-state index contributed by atoms with van der Waals surface area (Å²) in [4.78, 5) is 0. The molecule has 0 saturated heterocycles. The minimum Gasteiger partial charge on any atom is -0.327 e. The molecule has 1 fully saturated rings. The first-order chi connectivity index (χ1) is 6.65. The minimum absolute atomic E-state index is 0.173. The second-order valence-corrected chi connectivity index (χ2v) is 6.37. The first kappa shape index (κ1) is 12.2. The molecule has 2 nitrogen and oxygen atoms in total. The number of nitrogens with two attached hydrogens (primary N) is 1. The van der Waals surface area contributed by atoms with Crippen LogP contribution in [0.2, 0.25) is 0 Å². The van der Waals surface area contributed by atoms with Crippen LogP contribution in [-0.4, -0.2) is 21.3 Å². The first-order valence-corrected chi connectivity index (χ1v) is 7.16. The van der Waals surface area contributed by atoms with E-state index in [1.54, 1.807) is 0 Å². The van der Waals surface area contributed by atoms with Gasteiger partial charge in [0.2, 0.25) is 0 Å². The molecule has 0 heterocycles. The van der Waals surface area contributed by atoms with Crippen molar-refractivity contribution in [2.24, 2.45) is 11.7 Å². The maximum atomic E-state index is 11.8. The average Bonchev–Trinajstić information content (AvgIpc) is 2.69. The molecule has 3 heteroatoms. The van der Waals surface area contributed by atoms with Crippen LogP contribution in [0.4, 0.5) is 0 Å². The molecule has 1 saturated carbocycles. The number of rotatable bonds is 5. The molecular weight excluding hydrogens is 194 g/mol. The molecule has 0 bridgehead atoms. The normalized spacial score (nSPS) is 24.8. The molecule has 0 aromatic heterocycles. The molecule has 0 aromatic rings. The highest BCUT2D eigenvalue weighted by Crippen LogP contribution is 2.27. The Morgan fingerprint density at radius 2 is 2.00 bits per heavy atom. The van der Waals surface area contributed by atoms with Crippen LogP contribution in [-0.2, 0) is 10.8 Å². The van der Waals surface area contributed by atoms with Gasteiger partial charge in [0.05, 0.1) is 0 Å². The van der Waals surface area contributed by atoms with Crippen LogP contribution < -0.4 is 5.73 Å². The van der Waals surface area contributed by atoms with Crippen molar-refractivity contribution in [2.75, 3.05) is 5.75 Å². The summed E-state index contributed by atoms with van der Waals surface area (Å²) in [5.41, 5.74) is 6.08. The largest absolute Gasteiger partial charge is 0.327 e. The highest BCUT2D eigenvalue weighted by Gasteiger charge is 2.24. The third-order valence-electron chi connectivity index (χ3n) is 3.39. The van der Waals surface area contributed by atoms with Crippen molar-refractivity contribution in [1.82, 2.24) is 0 Å². The summed E-state index contributed by atoms with van der Waals surface area (Å²) < 4.78 is 11.8. The van der Waals surface area contributed by atoms with Gasteiger partial charge in [0.15, 0.2) is 0 Å². The molecule has 0 amide bonds. The Morgan fingerprint density at radius 1 is 1.43 bits per heavy atom. The Bertz CT molecular complexity index is 190. The molecule has 1 aliphatic rings. The van der Waals surface area contributed by atoms with Gasteiger partial charge in [-0.2, -0.15) is 0 Å². The molecule has 1 aliphatic carbocycles. The summed E-state index contributed by atoms with van der Waals surface area (Å²) in [5, 5.41) is 0.308. The summed E-state index contributed by atoms with van der Waals surface area (Å²) >= 11 is 0. The predicted molar refractivity (Wildman–Crippen MR) is 62.7 cm³/mol. The van der Waals surface area contributed by atoms with E-state index < -0.39 is 10.8 Å². The molecule has 3 atom stereocenters. The van der Waals surface area contributed by atoms with Gasteiger partial charge in [-0.3, -0.25) is 4.21 Å². The molecule has 0 spiro atoms. The monoisotopic (exact) mass is 217 g/mol. The van der Waals surface area contributed by atoms with Crippen molar-refractivity contribution in [3.63, 3.8) is 0 Å². The van der Waals surface area contributed by atoms with Crippen molar-refractivity contribution >= 4 is 10.8 Å². The Morgan fingerprint density at radius 3 is 2.50 bits per heavy atom. The molecule has 0 aliphatic heterocycles. The van der Waals surface area contributed by atoms with Gasteiger partial charge in [-0.15, -0.1) is 0 Å². The first-order valence-electron chi connectivity index (χ1n) is 5.78. The van der Waals surface area contributed by atoms with Gasteiger partial charge < -0.3 is 5.73 Å². The lowest BCUT2D eigenvalue weighted by atomic mass is 10.0. The van der Waals surface area contributed by atoms with E-state index in [0.29, 0.717) is 16.9 Å². The van der Waals surface area contributed by atoms with Crippen LogP contribution in [0.5, 0.6) is 0 Å². The highest BCUT2D eigenvalue weighted by atomic mass is 32.2. The molecule has 14 heavy (non-hydrogen) atoms. The molecule has 3 unspecified atom stereocenters. The van der Waals surface area contributed by atoms with Gasteiger partial charge in [-0.1, -0.05) is 26.7 Å². The molecule has 2 N–H and O–H groups in total. The predicted octanol–water partition coefficient (Wildman–Crippen LogP) is 2.05. The highest BCUT2D eigenvalue weighted by molar-refractivity contribution is 7.85. The fourth-order valence-corrected chi connectivity index (χ4v) is 3.41. The maximum absolute atomic E-state index is 11.8. The zero-order valence-corrected chi connectivity index (χ0v) is 10.2. The summed E-state index contributed by atoms with van der Waals surface area (Å²) in [6.07, 6.45) is 6.12. The van der Waals surface area contributed by atoms with Crippen LogP contribution >= 0.6 is 0 Å². The SMILES string of the molecule is CCC(C)S(=O)CC(N)C1CCCC1. The van der Waals surface area contributed by atoms with E-state index in [1.165, 1.54) is 25.7 Å². The Balaban J connectivity index is 2.31. The lowest BCUT2D eigenvalue weighted by molar-refractivity contribution is 0.459. The second-order valence-electron chi connectivity index (χ2n) is 4.47. The van der Waals surface area contributed by atoms with E-state index in [0.717, 1.165) is 6.42 Å². The van der Waals surface area contributed by atoms with Crippen molar-refractivity contribution in [2.45, 2.75) is 57.2 Å². The molecule has 0 radical (unpaired) electrons. The molecular formula is C11H23NOS. The fraction of sp³-hybridized carbons (Fsp3) is 1.00. The van der Waals surface area contributed by atoms with Gasteiger partial charge in [-0.05, 0) is 25.2 Å². The van der Waals surface area contributed by atoms with Crippen molar-refractivity contribution in [3.05, 3.63) is 0 Å². The van der Waals surface area contributed by atoms with Gasteiger partial charge in [-0.25, -0.2) is 0 Å². The average molecular weight is 217 g/mol. The van der Waals surface area contributed by atoms with Gasteiger partial charge >= 0.3 is 0 Å². The van der Waals surface area contributed by atoms with E-state index in [1.807, 2.05) is 0 Å². The third-order valence-corrected chi connectivity index (χ3v) is 5.33. The smallest absolute Gasteiger partial charge is 0.0392 e. The Hall–Kier alpha value is 0.110. The van der Waals surface area contributed by atoms with Gasteiger partial charge in [0, 0.05) is 27.8 Å². The van der Waals surface area contributed by atoms with Gasteiger partial charge in [0.1, 0.15) is 0 Å². The van der Waals surface area contributed by atoms with E-state index in [9.17, 15) is 4.21 Å². The Kier molecular flexibility index (Phi) is 5.10. The lowest BCUT2D eigenvalue weighted by Gasteiger charge is -2.19. The maximum Gasteiger partial charge on any atom is 0.0392 e. The zero-order chi connectivity index (χ0) is 10.6. The van der Waals surface area contributed by atoms with E-state index >= 15 is 0 Å². The van der Waals surface area contributed by atoms with E-state index in [-0.39, 0.29) is 6.04 Å². The standard InChI is InChI=1S/C11H23NOS/c1-3-9(2)14(13)8-11(12)10-6-4-5-7-10/h9-11H,3-8,12H2,1-2H3. The summed E-state index contributed by atoms with van der Waals surface area (Å²) in [6, 6.07) is 0.173. The second kappa shape index (κ2) is 5.86. The quantitative estimate of drug-likeness (QED) is 0.766. The fourth-order valence-electron chi connectivity index (χ4n) is 2.06. The Labute approximate surface area is 90.1 Å². The van der Waals surface area contributed by atoms with Gasteiger partial charge in [0.25, 0.3) is 0 Å². The van der Waals surface area contributed by atoms with Crippen molar-refractivity contribution in [1.29, 1.82) is 0 Å². The van der Waals surface area contributed by atoms with Crippen LogP contribution in [0.3, 0.4) is 0 Å².